The van der Waals surface area contributed by atoms with Crippen LogP contribution in [0.5, 0.6) is 0 Å². The van der Waals surface area contributed by atoms with Crippen LogP contribution in [0.3, 0.4) is 0 Å². The van der Waals surface area contributed by atoms with Crippen LogP contribution in [-0.2, 0) is 7.05 Å². The van der Waals surface area contributed by atoms with Crippen LogP contribution < -0.4 is 11.1 Å². The monoisotopic (exact) mass is 248 g/mol. The minimum absolute atomic E-state index is 0.281. The Labute approximate surface area is 104 Å². The molecule has 0 radical (unpaired) electrons. The second kappa shape index (κ2) is 4.46. The van der Waals surface area contributed by atoms with Gasteiger partial charge in [0.25, 0.3) is 0 Å². The SMILES string of the molecule is Cc1nn(C)cc1Nc1nnccc1C(N)=S. The number of anilines is 2. The van der Waals surface area contributed by atoms with Crippen LogP contribution in [0.2, 0.25) is 0 Å². The van der Waals surface area contributed by atoms with Crippen molar-refractivity contribution in [1.82, 2.24) is 20.0 Å². The van der Waals surface area contributed by atoms with Gasteiger partial charge < -0.3 is 11.1 Å². The first-order valence-corrected chi connectivity index (χ1v) is 5.37. The van der Waals surface area contributed by atoms with E-state index < -0.39 is 0 Å². The zero-order valence-corrected chi connectivity index (χ0v) is 10.3. The van der Waals surface area contributed by atoms with Gasteiger partial charge in [0.2, 0.25) is 0 Å². The molecule has 6 nitrogen and oxygen atoms in total. The molecular weight excluding hydrogens is 236 g/mol. The van der Waals surface area contributed by atoms with Gasteiger partial charge in [-0.05, 0) is 13.0 Å². The number of nitrogens with one attached hydrogen (secondary N) is 1. The number of thiocarbonyl (C=S) groups is 1. The number of nitrogens with zero attached hydrogens (tertiary/aromatic N) is 4. The molecule has 0 unspecified atom stereocenters. The first-order chi connectivity index (χ1) is 8.08. The number of nitrogens with two attached hydrogens (primary N) is 1. The maximum atomic E-state index is 5.61. The van der Waals surface area contributed by atoms with Gasteiger partial charge >= 0.3 is 0 Å². The van der Waals surface area contributed by atoms with E-state index in [1.165, 1.54) is 0 Å². The Morgan fingerprint density at radius 1 is 1.53 bits per heavy atom. The van der Waals surface area contributed by atoms with Crippen LogP contribution in [0, 0.1) is 6.92 Å². The Bertz CT molecular complexity index is 562. The average molecular weight is 248 g/mol. The molecule has 2 aromatic rings. The fourth-order valence-corrected chi connectivity index (χ4v) is 1.64. The summed E-state index contributed by atoms with van der Waals surface area (Å²) >= 11 is 4.95. The number of rotatable bonds is 3. The lowest BCUT2D eigenvalue weighted by molar-refractivity contribution is 0.756. The van der Waals surface area contributed by atoms with Gasteiger partial charge in [0.15, 0.2) is 5.82 Å². The Morgan fingerprint density at radius 3 is 2.88 bits per heavy atom. The number of aryl methyl sites for hydroxylation is 2. The van der Waals surface area contributed by atoms with E-state index in [1.54, 1.807) is 16.9 Å². The molecule has 2 rings (SSSR count). The standard InChI is InChI=1S/C10H12N6S/c1-6-8(5-16(2)15-6)13-10-7(9(11)17)3-4-12-14-10/h3-5H,1-2H3,(H2,11,17)(H,13,14). The zero-order chi connectivity index (χ0) is 12.4. The van der Waals surface area contributed by atoms with Crippen molar-refractivity contribution >= 4 is 28.7 Å². The maximum absolute atomic E-state index is 5.61. The van der Waals surface area contributed by atoms with Gasteiger partial charge in [-0.15, -0.1) is 5.10 Å². The van der Waals surface area contributed by atoms with Crippen molar-refractivity contribution in [3.05, 3.63) is 29.7 Å². The second-order valence-corrected chi connectivity index (χ2v) is 4.02. The zero-order valence-electron chi connectivity index (χ0n) is 9.51. The average Bonchev–Trinajstić information content (AvgIpc) is 2.58. The summed E-state index contributed by atoms with van der Waals surface area (Å²) in [5.74, 6) is 0.538. The summed E-state index contributed by atoms with van der Waals surface area (Å²) in [6, 6.07) is 1.73. The van der Waals surface area contributed by atoms with Crippen LogP contribution in [0.1, 0.15) is 11.3 Å². The van der Waals surface area contributed by atoms with Crippen molar-refractivity contribution in [2.75, 3.05) is 5.32 Å². The molecule has 0 saturated carbocycles. The number of aromatic nitrogens is 4. The molecular formula is C10H12N6S. The lowest BCUT2D eigenvalue weighted by atomic mass is 10.2. The summed E-state index contributed by atoms with van der Waals surface area (Å²) in [7, 11) is 1.85. The lowest BCUT2D eigenvalue weighted by Crippen LogP contribution is -2.13. The third kappa shape index (κ3) is 2.39. The van der Waals surface area contributed by atoms with Crippen molar-refractivity contribution in [2.24, 2.45) is 12.8 Å². The lowest BCUT2D eigenvalue weighted by Gasteiger charge is -2.07. The highest BCUT2D eigenvalue weighted by Crippen LogP contribution is 2.19. The molecule has 0 aliphatic heterocycles. The van der Waals surface area contributed by atoms with E-state index in [-0.39, 0.29) is 4.99 Å². The van der Waals surface area contributed by atoms with Crippen LogP contribution in [-0.4, -0.2) is 25.0 Å². The topological polar surface area (TPSA) is 81.7 Å². The minimum atomic E-state index is 0.281. The van der Waals surface area contributed by atoms with Gasteiger partial charge in [-0.1, -0.05) is 12.2 Å². The summed E-state index contributed by atoms with van der Waals surface area (Å²) in [6.07, 6.45) is 3.41. The summed E-state index contributed by atoms with van der Waals surface area (Å²) in [5.41, 5.74) is 8.00. The normalized spacial score (nSPS) is 10.2. The van der Waals surface area contributed by atoms with Crippen LogP contribution in [0.15, 0.2) is 18.5 Å². The van der Waals surface area contributed by atoms with E-state index in [9.17, 15) is 0 Å². The number of hydrogen-bond acceptors (Lipinski definition) is 5. The second-order valence-electron chi connectivity index (χ2n) is 3.58. The van der Waals surface area contributed by atoms with Gasteiger partial charge in [-0.3, -0.25) is 4.68 Å². The van der Waals surface area contributed by atoms with Crippen LogP contribution >= 0.6 is 12.2 Å². The predicted molar refractivity (Wildman–Crippen MR) is 69.1 cm³/mol. The van der Waals surface area contributed by atoms with Crippen molar-refractivity contribution in [3.8, 4) is 0 Å². The fraction of sp³-hybridized carbons (Fsp3) is 0.200. The van der Waals surface area contributed by atoms with Gasteiger partial charge in [-0.2, -0.15) is 10.2 Å². The fourth-order valence-electron chi connectivity index (χ4n) is 1.47. The van der Waals surface area contributed by atoms with Crippen molar-refractivity contribution in [3.63, 3.8) is 0 Å². The molecule has 3 N–H and O–H groups in total. The molecule has 17 heavy (non-hydrogen) atoms. The van der Waals surface area contributed by atoms with E-state index >= 15 is 0 Å². The predicted octanol–water partition coefficient (Wildman–Crippen LogP) is 0.896. The molecule has 2 heterocycles. The first-order valence-electron chi connectivity index (χ1n) is 4.96. The summed E-state index contributed by atoms with van der Waals surface area (Å²) < 4.78 is 1.72. The highest BCUT2D eigenvalue weighted by molar-refractivity contribution is 7.80. The summed E-state index contributed by atoms with van der Waals surface area (Å²) in [5, 5.41) is 15.1. The molecule has 7 heteroatoms. The number of hydrogen-bond donors (Lipinski definition) is 2. The Balaban J connectivity index is 2.36. The molecule has 2 aromatic heterocycles. The van der Waals surface area contributed by atoms with Gasteiger partial charge in [0, 0.05) is 13.2 Å². The van der Waals surface area contributed by atoms with E-state index in [0.29, 0.717) is 11.4 Å². The van der Waals surface area contributed by atoms with Crippen molar-refractivity contribution < 1.29 is 0 Å². The van der Waals surface area contributed by atoms with E-state index in [1.807, 2.05) is 20.2 Å². The summed E-state index contributed by atoms with van der Waals surface area (Å²) in [4.78, 5) is 0.281. The first kappa shape index (κ1) is 11.5. The highest BCUT2D eigenvalue weighted by Gasteiger charge is 2.09. The molecule has 0 atom stereocenters. The molecule has 0 saturated heterocycles. The Morgan fingerprint density at radius 2 is 2.29 bits per heavy atom. The Kier molecular flexibility index (Phi) is 3.01. The third-order valence-corrected chi connectivity index (χ3v) is 2.47. The largest absolute Gasteiger partial charge is 0.389 e. The third-order valence-electron chi connectivity index (χ3n) is 2.25. The smallest absolute Gasteiger partial charge is 0.163 e. The summed E-state index contributed by atoms with van der Waals surface area (Å²) in [6.45, 7) is 1.90. The van der Waals surface area contributed by atoms with E-state index in [0.717, 1.165) is 11.4 Å². The highest BCUT2D eigenvalue weighted by atomic mass is 32.1. The molecule has 0 aromatic carbocycles. The molecule has 0 bridgehead atoms. The molecule has 0 aliphatic rings. The van der Waals surface area contributed by atoms with E-state index in [2.05, 4.69) is 20.6 Å². The van der Waals surface area contributed by atoms with Crippen molar-refractivity contribution in [2.45, 2.75) is 6.92 Å². The maximum Gasteiger partial charge on any atom is 0.163 e. The van der Waals surface area contributed by atoms with Crippen LogP contribution in [0.25, 0.3) is 0 Å². The van der Waals surface area contributed by atoms with Gasteiger partial charge in [-0.25, -0.2) is 0 Å². The Hall–Kier alpha value is -2.02. The molecule has 0 fully saturated rings. The molecule has 0 aliphatic carbocycles. The van der Waals surface area contributed by atoms with Gasteiger partial charge in [0.05, 0.1) is 23.1 Å². The van der Waals surface area contributed by atoms with Crippen molar-refractivity contribution in [1.29, 1.82) is 0 Å². The minimum Gasteiger partial charge on any atom is -0.389 e. The molecule has 88 valence electrons. The molecule has 0 spiro atoms. The van der Waals surface area contributed by atoms with E-state index in [4.69, 9.17) is 18.0 Å². The molecule has 0 amide bonds. The van der Waals surface area contributed by atoms with Crippen LogP contribution in [0.4, 0.5) is 11.5 Å². The van der Waals surface area contributed by atoms with Gasteiger partial charge in [0.1, 0.15) is 4.99 Å². The quantitative estimate of drug-likeness (QED) is 0.785.